The number of halogens is 1. The highest BCUT2D eigenvalue weighted by Crippen LogP contribution is 2.40. The second-order valence-electron chi connectivity index (χ2n) is 6.21. The Hall–Kier alpha value is -0.900. The summed E-state index contributed by atoms with van der Waals surface area (Å²) >= 11 is 2.05. The number of aldehydes is 1. The molecule has 1 aromatic rings. The van der Waals surface area contributed by atoms with Crippen LogP contribution >= 0.6 is 22.6 Å². The predicted octanol–water partition coefficient (Wildman–Crippen LogP) is 3.86. The van der Waals surface area contributed by atoms with Gasteiger partial charge < -0.3 is 14.3 Å². The van der Waals surface area contributed by atoms with E-state index in [1.165, 1.54) is 0 Å². The van der Waals surface area contributed by atoms with Crippen molar-refractivity contribution in [1.82, 2.24) is 0 Å². The van der Waals surface area contributed by atoms with Gasteiger partial charge in [0.25, 0.3) is 0 Å². The van der Waals surface area contributed by atoms with Gasteiger partial charge in [-0.05, 0) is 42.7 Å². The molecule has 0 radical (unpaired) electrons. The molecule has 1 heterocycles. The Morgan fingerprint density at radius 2 is 2.05 bits per heavy atom. The van der Waals surface area contributed by atoms with E-state index >= 15 is 0 Å². The largest absolute Gasteiger partial charge is 0.344 e. The van der Waals surface area contributed by atoms with Crippen LogP contribution in [-0.2, 0) is 20.7 Å². The van der Waals surface area contributed by atoms with Gasteiger partial charge in [-0.3, -0.25) is 0 Å². The summed E-state index contributed by atoms with van der Waals surface area (Å²) in [6.07, 6.45) is 2.69. The average Bonchev–Trinajstić information content (AvgIpc) is 2.69. The molecule has 1 aromatic carbocycles. The minimum Gasteiger partial charge on any atom is -0.344 e. The molecular formula is C18H21IO3. The zero-order valence-corrected chi connectivity index (χ0v) is 15.3. The Morgan fingerprint density at radius 3 is 2.73 bits per heavy atom. The normalized spacial score (nSPS) is 26.3. The molecule has 0 aliphatic carbocycles. The Kier molecular flexibility index (Phi) is 5.65. The fourth-order valence-electron chi connectivity index (χ4n) is 3.00. The summed E-state index contributed by atoms with van der Waals surface area (Å²) < 4.78 is 15.1. The van der Waals surface area contributed by atoms with Crippen molar-refractivity contribution in [1.29, 1.82) is 0 Å². The highest BCUT2D eigenvalue weighted by Gasteiger charge is 2.49. The van der Waals surface area contributed by atoms with Gasteiger partial charge in [-0.1, -0.05) is 24.1 Å². The Balaban J connectivity index is 2.25. The lowest BCUT2D eigenvalue weighted by molar-refractivity contribution is -0.161. The minimum absolute atomic E-state index is 0.0976. The van der Waals surface area contributed by atoms with Gasteiger partial charge in [0.15, 0.2) is 5.79 Å². The maximum absolute atomic E-state index is 10.8. The SMILES string of the molecule is CC1(C)O[C@@H](Cc2ccccc2C#CI)[C@](C)(CCC=O)O1. The van der Waals surface area contributed by atoms with Gasteiger partial charge in [-0.2, -0.15) is 0 Å². The number of hydrogen-bond acceptors (Lipinski definition) is 3. The van der Waals surface area contributed by atoms with Crippen molar-refractivity contribution in [2.24, 2.45) is 0 Å². The molecular weight excluding hydrogens is 391 g/mol. The number of rotatable bonds is 5. The second kappa shape index (κ2) is 7.12. The van der Waals surface area contributed by atoms with E-state index in [2.05, 4.69) is 15.9 Å². The number of ether oxygens (including phenoxy) is 2. The van der Waals surface area contributed by atoms with Gasteiger partial charge in [0, 0.05) is 41.0 Å². The van der Waals surface area contributed by atoms with Crippen molar-refractivity contribution < 1.29 is 14.3 Å². The molecule has 0 spiro atoms. The molecule has 118 valence electrons. The number of carbonyl (C=O) groups excluding carboxylic acids is 1. The molecule has 0 saturated carbocycles. The van der Waals surface area contributed by atoms with E-state index in [4.69, 9.17) is 9.47 Å². The monoisotopic (exact) mass is 412 g/mol. The van der Waals surface area contributed by atoms with Crippen LogP contribution in [0.3, 0.4) is 0 Å². The van der Waals surface area contributed by atoms with Crippen LogP contribution in [0.2, 0.25) is 0 Å². The van der Waals surface area contributed by atoms with Crippen LogP contribution < -0.4 is 0 Å². The highest BCUT2D eigenvalue weighted by molar-refractivity contribution is 14.1. The van der Waals surface area contributed by atoms with E-state index in [0.29, 0.717) is 12.8 Å². The van der Waals surface area contributed by atoms with Crippen molar-refractivity contribution in [3.63, 3.8) is 0 Å². The van der Waals surface area contributed by atoms with Crippen LogP contribution in [-0.4, -0.2) is 23.8 Å². The quantitative estimate of drug-likeness (QED) is 0.419. The van der Waals surface area contributed by atoms with Crippen molar-refractivity contribution in [3.8, 4) is 9.85 Å². The van der Waals surface area contributed by atoms with Crippen LogP contribution in [0.4, 0.5) is 0 Å². The van der Waals surface area contributed by atoms with E-state index in [1.54, 1.807) is 0 Å². The first kappa shape index (κ1) is 17.5. The van der Waals surface area contributed by atoms with E-state index in [0.717, 1.165) is 23.8 Å². The summed E-state index contributed by atoms with van der Waals surface area (Å²) in [5.74, 6) is 2.49. The van der Waals surface area contributed by atoms with Crippen LogP contribution in [0.1, 0.15) is 44.7 Å². The molecule has 3 nitrogen and oxygen atoms in total. The second-order valence-corrected chi connectivity index (χ2v) is 6.75. The summed E-state index contributed by atoms with van der Waals surface area (Å²) in [5.41, 5.74) is 1.70. The average molecular weight is 412 g/mol. The first-order valence-electron chi connectivity index (χ1n) is 7.41. The smallest absolute Gasteiger partial charge is 0.164 e. The molecule has 1 aliphatic heterocycles. The molecule has 0 N–H and O–H groups in total. The molecule has 2 atom stereocenters. The molecule has 0 aromatic heterocycles. The molecule has 0 amide bonds. The number of hydrogen-bond donors (Lipinski definition) is 0. The topological polar surface area (TPSA) is 35.5 Å². The van der Waals surface area contributed by atoms with E-state index < -0.39 is 11.4 Å². The molecule has 1 aliphatic rings. The molecule has 2 rings (SSSR count). The van der Waals surface area contributed by atoms with Gasteiger partial charge in [0.05, 0.1) is 11.7 Å². The summed E-state index contributed by atoms with van der Waals surface area (Å²) in [6.45, 7) is 5.87. The number of benzene rings is 1. The third-order valence-corrected chi connectivity index (χ3v) is 4.22. The first-order chi connectivity index (χ1) is 10.4. The molecule has 4 heteroatoms. The van der Waals surface area contributed by atoms with Gasteiger partial charge in [-0.25, -0.2) is 0 Å². The maximum Gasteiger partial charge on any atom is 0.164 e. The molecule has 1 fully saturated rings. The minimum atomic E-state index is -0.633. The van der Waals surface area contributed by atoms with Crippen LogP contribution in [0.5, 0.6) is 0 Å². The van der Waals surface area contributed by atoms with Gasteiger partial charge in [-0.15, -0.1) is 0 Å². The lowest BCUT2D eigenvalue weighted by Crippen LogP contribution is -2.38. The summed E-state index contributed by atoms with van der Waals surface area (Å²) in [7, 11) is 0. The molecule has 0 bridgehead atoms. The van der Waals surface area contributed by atoms with Crippen LogP contribution in [0, 0.1) is 9.85 Å². The van der Waals surface area contributed by atoms with Crippen molar-refractivity contribution >= 4 is 28.9 Å². The van der Waals surface area contributed by atoms with Crippen molar-refractivity contribution in [2.75, 3.05) is 0 Å². The standard InChI is InChI=1S/C18H21IO3/c1-17(2)21-16(18(3,22-17)10-6-12-20)13-15-8-5-4-7-14(15)9-11-19/h4-5,7-8,12,16H,6,10,13H2,1-3H3/t16-,18-/m0/s1. The van der Waals surface area contributed by atoms with E-state index in [9.17, 15) is 4.79 Å². The third kappa shape index (κ3) is 4.09. The van der Waals surface area contributed by atoms with Gasteiger partial charge in [0.2, 0.25) is 0 Å². The predicted molar refractivity (Wildman–Crippen MR) is 94.8 cm³/mol. The van der Waals surface area contributed by atoms with Crippen molar-refractivity contribution in [3.05, 3.63) is 35.4 Å². The van der Waals surface area contributed by atoms with Gasteiger partial charge >= 0.3 is 0 Å². The Bertz CT molecular complexity index is 600. The molecule has 22 heavy (non-hydrogen) atoms. The maximum atomic E-state index is 10.8. The Morgan fingerprint density at radius 1 is 1.32 bits per heavy atom. The molecule has 0 unspecified atom stereocenters. The summed E-state index contributed by atoms with van der Waals surface area (Å²) in [4.78, 5) is 10.8. The fraction of sp³-hybridized carbons (Fsp3) is 0.500. The number of carbonyl (C=O) groups is 1. The highest BCUT2D eigenvalue weighted by atomic mass is 127. The lowest BCUT2D eigenvalue weighted by atomic mass is 9.88. The van der Waals surface area contributed by atoms with E-state index in [-0.39, 0.29) is 6.10 Å². The zero-order valence-electron chi connectivity index (χ0n) is 13.2. The Labute approximate surface area is 145 Å². The van der Waals surface area contributed by atoms with Crippen LogP contribution in [0.25, 0.3) is 0 Å². The third-order valence-electron chi connectivity index (χ3n) is 3.95. The van der Waals surface area contributed by atoms with Crippen molar-refractivity contribution in [2.45, 2.75) is 57.5 Å². The fourth-order valence-corrected chi connectivity index (χ4v) is 3.30. The first-order valence-corrected chi connectivity index (χ1v) is 8.49. The summed E-state index contributed by atoms with van der Waals surface area (Å²) in [5, 5.41) is 0. The van der Waals surface area contributed by atoms with Gasteiger partial charge in [0.1, 0.15) is 6.29 Å². The van der Waals surface area contributed by atoms with E-state index in [1.807, 2.05) is 61.6 Å². The molecule has 1 saturated heterocycles. The summed E-state index contributed by atoms with van der Waals surface area (Å²) in [6, 6.07) is 8.09. The van der Waals surface area contributed by atoms with Crippen LogP contribution in [0.15, 0.2) is 24.3 Å². The lowest BCUT2D eigenvalue weighted by Gasteiger charge is -2.28. The zero-order chi connectivity index (χ0) is 16.2.